The Morgan fingerprint density at radius 3 is 2.62 bits per heavy atom. The second-order valence-electron chi connectivity index (χ2n) is 5.87. The molecule has 0 aromatic heterocycles. The molecule has 118 valence electrons. The molecular weight excluding hydrogens is 274 g/mol. The van der Waals surface area contributed by atoms with E-state index < -0.39 is 23.5 Å². The first-order valence-corrected chi connectivity index (χ1v) is 7.49. The fourth-order valence-corrected chi connectivity index (χ4v) is 3.93. The van der Waals surface area contributed by atoms with Crippen LogP contribution < -0.4 is 0 Å². The number of carbonyl (C=O) groups is 3. The van der Waals surface area contributed by atoms with Crippen LogP contribution >= 0.6 is 0 Å². The highest BCUT2D eigenvalue weighted by molar-refractivity contribution is 6.02. The van der Waals surface area contributed by atoms with E-state index in [1.54, 1.807) is 4.90 Å². The summed E-state index contributed by atoms with van der Waals surface area (Å²) in [4.78, 5) is 38.4. The van der Waals surface area contributed by atoms with E-state index in [4.69, 9.17) is 9.47 Å². The van der Waals surface area contributed by atoms with Crippen LogP contribution in [0.25, 0.3) is 0 Å². The summed E-state index contributed by atoms with van der Waals surface area (Å²) >= 11 is 0. The van der Waals surface area contributed by atoms with Crippen molar-refractivity contribution in [3.05, 3.63) is 0 Å². The summed E-state index contributed by atoms with van der Waals surface area (Å²) in [5, 5.41) is 0. The van der Waals surface area contributed by atoms with Crippen LogP contribution in [0.3, 0.4) is 0 Å². The van der Waals surface area contributed by atoms with E-state index >= 15 is 0 Å². The highest BCUT2D eigenvalue weighted by Gasteiger charge is 2.62. The number of nitrogens with zero attached hydrogens (tertiary/aromatic N) is 1. The maximum atomic E-state index is 12.4. The van der Waals surface area contributed by atoms with E-state index in [1.165, 1.54) is 14.2 Å². The number of rotatable bonds is 4. The Hall–Kier alpha value is -1.59. The van der Waals surface area contributed by atoms with Crippen molar-refractivity contribution in [2.45, 2.75) is 57.0 Å². The van der Waals surface area contributed by atoms with Crippen molar-refractivity contribution in [1.82, 2.24) is 4.90 Å². The van der Waals surface area contributed by atoms with Gasteiger partial charge < -0.3 is 9.47 Å². The Kier molecular flexibility index (Phi) is 4.54. The third-order valence-corrected chi connectivity index (χ3v) is 4.82. The number of methoxy groups -OCH3 is 2. The van der Waals surface area contributed by atoms with Crippen LogP contribution in [-0.4, -0.2) is 48.5 Å². The van der Waals surface area contributed by atoms with Crippen molar-refractivity contribution in [3.63, 3.8) is 0 Å². The van der Waals surface area contributed by atoms with Gasteiger partial charge in [-0.25, -0.2) is 4.79 Å². The van der Waals surface area contributed by atoms with Crippen molar-refractivity contribution in [3.8, 4) is 0 Å². The maximum Gasteiger partial charge on any atom is 0.410 e. The van der Waals surface area contributed by atoms with Crippen LogP contribution in [0.2, 0.25) is 0 Å². The molecule has 3 atom stereocenters. The molecule has 0 aromatic carbocycles. The standard InChI is InChI=1S/C15H23NO5/c1-4-5-7-15-8-6-10(16(15)14(19)21-3)9-11(17)12(15)13(18)20-2/h10,12H,4-9H2,1-3H3/t10-,12+,15+/m0/s1. The number of fused-ring (bicyclic) bond motifs is 2. The average Bonchev–Trinajstić information content (AvgIpc) is 2.76. The molecule has 6 heteroatoms. The van der Waals surface area contributed by atoms with E-state index in [9.17, 15) is 14.4 Å². The van der Waals surface area contributed by atoms with E-state index in [0.29, 0.717) is 12.8 Å². The van der Waals surface area contributed by atoms with Crippen molar-refractivity contribution in [2.75, 3.05) is 14.2 Å². The molecular formula is C15H23NO5. The Labute approximate surface area is 124 Å². The molecule has 2 heterocycles. The minimum absolute atomic E-state index is 0.111. The molecule has 2 rings (SSSR count). The lowest BCUT2D eigenvalue weighted by atomic mass is 9.73. The molecule has 0 spiro atoms. The first kappa shape index (κ1) is 15.8. The van der Waals surface area contributed by atoms with Gasteiger partial charge in [0.05, 0.1) is 19.8 Å². The van der Waals surface area contributed by atoms with Gasteiger partial charge >= 0.3 is 12.1 Å². The topological polar surface area (TPSA) is 72.9 Å². The van der Waals surface area contributed by atoms with Gasteiger partial charge in [-0.2, -0.15) is 0 Å². The molecule has 2 aliphatic heterocycles. The predicted molar refractivity (Wildman–Crippen MR) is 74.7 cm³/mol. The Balaban J connectivity index is 2.45. The second kappa shape index (κ2) is 6.03. The third-order valence-electron chi connectivity index (χ3n) is 4.82. The maximum absolute atomic E-state index is 12.4. The Morgan fingerprint density at radius 2 is 2.05 bits per heavy atom. The number of hydrogen-bond acceptors (Lipinski definition) is 5. The number of ketones is 1. The molecule has 2 aliphatic rings. The largest absolute Gasteiger partial charge is 0.468 e. The number of piperidine rings is 1. The summed E-state index contributed by atoms with van der Waals surface area (Å²) < 4.78 is 9.73. The van der Waals surface area contributed by atoms with Crippen LogP contribution in [0.15, 0.2) is 0 Å². The van der Waals surface area contributed by atoms with E-state index in [2.05, 4.69) is 0 Å². The Bertz CT molecular complexity index is 449. The van der Waals surface area contributed by atoms with Crippen LogP contribution in [0.1, 0.15) is 45.4 Å². The van der Waals surface area contributed by atoms with Crippen molar-refractivity contribution >= 4 is 17.8 Å². The smallest absolute Gasteiger partial charge is 0.410 e. The predicted octanol–water partition coefficient (Wildman–Crippen LogP) is 1.91. The molecule has 1 amide bonds. The fourth-order valence-electron chi connectivity index (χ4n) is 3.93. The fraction of sp³-hybridized carbons (Fsp3) is 0.800. The molecule has 0 unspecified atom stereocenters. The molecule has 6 nitrogen and oxygen atoms in total. The second-order valence-corrected chi connectivity index (χ2v) is 5.87. The van der Waals surface area contributed by atoms with Crippen molar-refractivity contribution in [2.24, 2.45) is 5.92 Å². The summed E-state index contributed by atoms with van der Waals surface area (Å²) in [6.45, 7) is 2.04. The summed E-state index contributed by atoms with van der Waals surface area (Å²) in [6, 6.07) is -0.150. The zero-order valence-electron chi connectivity index (χ0n) is 12.9. The molecule has 0 radical (unpaired) electrons. The first-order chi connectivity index (χ1) is 10.0. The lowest BCUT2D eigenvalue weighted by molar-refractivity contribution is -0.159. The van der Waals surface area contributed by atoms with E-state index in [1.807, 2.05) is 6.92 Å². The number of hydrogen-bond donors (Lipinski definition) is 0. The third kappa shape index (κ3) is 2.40. The SMILES string of the molecule is CCCC[C@@]12CC[C@@H](CC(=O)[C@@H]1C(=O)OC)N2C(=O)OC. The first-order valence-electron chi connectivity index (χ1n) is 7.49. The minimum Gasteiger partial charge on any atom is -0.468 e. The normalized spacial score (nSPS) is 31.2. The molecule has 2 saturated heterocycles. The van der Waals surface area contributed by atoms with E-state index in [-0.39, 0.29) is 18.2 Å². The van der Waals surface area contributed by atoms with Gasteiger partial charge in [0.15, 0.2) is 5.78 Å². The van der Waals surface area contributed by atoms with Gasteiger partial charge in [-0.3, -0.25) is 14.5 Å². The van der Waals surface area contributed by atoms with Gasteiger partial charge in [-0.15, -0.1) is 0 Å². The lowest BCUT2D eigenvalue weighted by Crippen LogP contribution is -2.63. The highest BCUT2D eigenvalue weighted by Crippen LogP contribution is 2.49. The summed E-state index contributed by atoms with van der Waals surface area (Å²) in [5.41, 5.74) is -0.768. The van der Waals surface area contributed by atoms with Gasteiger partial charge in [-0.1, -0.05) is 19.8 Å². The monoisotopic (exact) mass is 297 g/mol. The van der Waals surface area contributed by atoms with Gasteiger partial charge in [0.25, 0.3) is 0 Å². The lowest BCUT2D eigenvalue weighted by Gasteiger charge is -2.47. The van der Waals surface area contributed by atoms with Gasteiger partial charge in [0.2, 0.25) is 0 Å². The van der Waals surface area contributed by atoms with Gasteiger partial charge in [-0.05, 0) is 19.3 Å². The zero-order chi connectivity index (χ0) is 15.6. The summed E-state index contributed by atoms with van der Waals surface area (Å²) in [5.74, 6) is -1.53. The number of ether oxygens (including phenoxy) is 2. The molecule has 0 aliphatic carbocycles. The number of amides is 1. The molecule has 2 fully saturated rings. The number of unbranched alkanes of at least 4 members (excludes halogenated alkanes) is 1. The average molecular weight is 297 g/mol. The highest BCUT2D eigenvalue weighted by atomic mass is 16.5. The Morgan fingerprint density at radius 1 is 1.33 bits per heavy atom. The number of Topliss-reactive ketones (excluding diaryl/α,β-unsaturated/α-hetero) is 1. The van der Waals surface area contributed by atoms with Gasteiger partial charge in [0.1, 0.15) is 5.92 Å². The van der Waals surface area contributed by atoms with Crippen LogP contribution in [0, 0.1) is 5.92 Å². The molecule has 2 bridgehead atoms. The zero-order valence-corrected chi connectivity index (χ0v) is 12.9. The number of carbonyl (C=O) groups excluding carboxylic acids is 3. The summed E-state index contributed by atoms with van der Waals surface area (Å²) in [6.07, 6.45) is 3.56. The van der Waals surface area contributed by atoms with Crippen molar-refractivity contribution < 1.29 is 23.9 Å². The van der Waals surface area contributed by atoms with Crippen molar-refractivity contribution in [1.29, 1.82) is 0 Å². The van der Waals surface area contributed by atoms with Crippen LogP contribution in [-0.2, 0) is 19.1 Å². The quantitative estimate of drug-likeness (QED) is 0.585. The molecule has 0 N–H and O–H groups in total. The molecule has 21 heavy (non-hydrogen) atoms. The van der Waals surface area contributed by atoms with Crippen LogP contribution in [0.5, 0.6) is 0 Å². The summed E-state index contributed by atoms with van der Waals surface area (Å²) in [7, 11) is 2.62. The van der Waals surface area contributed by atoms with Crippen LogP contribution in [0.4, 0.5) is 4.79 Å². The van der Waals surface area contributed by atoms with Gasteiger partial charge in [0, 0.05) is 12.5 Å². The molecule has 0 aromatic rings. The minimum atomic E-state index is -0.883. The number of esters is 1. The van der Waals surface area contributed by atoms with E-state index in [0.717, 1.165) is 19.3 Å². The molecule has 0 saturated carbocycles.